The largest absolute Gasteiger partial charge is 0.461 e. The predicted octanol–water partition coefficient (Wildman–Crippen LogP) is 0.500. The molecule has 0 atom stereocenters. The molecular formula is C9H12N2O3. The van der Waals surface area contributed by atoms with Crippen LogP contribution in [0.25, 0.3) is 0 Å². The highest BCUT2D eigenvalue weighted by Crippen LogP contribution is 2.13. The third kappa shape index (κ3) is 1.61. The molecule has 0 aliphatic heterocycles. The maximum atomic E-state index is 11.4. The van der Waals surface area contributed by atoms with Crippen LogP contribution in [-0.4, -0.2) is 23.5 Å². The van der Waals surface area contributed by atoms with Crippen LogP contribution in [0.5, 0.6) is 0 Å². The molecule has 2 N–H and O–H groups in total. The van der Waals surface area contributed by atoms with Gasteiger partial charge in [0.15, 0.2) is 12.0 Å². The molecule has 5 heteroatoms. The topological polar surface area (TPSA) is 74.3 Å². The van der Waals surface area contributed by atoms with Crippen LogP contribution < -0.4 is 5.84 Å². The zero-order valence-corrected chi connectivity index (χ0v) is 8.11. The van der Waals surface area contributed by atoms with E-state index in [0.29, 0.717) is 17.4 Å². The molecule has 0 saturated heterocycles. The van der Waals surface area contributed by atoms with E-state index < -0.39 is 5.97 Å². The Hall–Kier alpha value is -1.78. The Morgan fingerprint density at radius 1 is 1.71 bits per heavy atom. The third-order valence-corrected chi connectivity index (χ3v) is 1.92. The van der Waals surface area contributed by atoms with Crippen LogP contribution in [0.2, 0.25) is 0 Å². The average molecular weight is 196 g/mol. The summed E-state index contributed by atoms with van der Waals surface area (Å²) in [7, 11) is 0. The first-order chi connectivity index (χ1) is 6.61. The molecule has 1 aromatic heterocycles. The zero-order chi connectivity index (χ0) is 10.7. The van der Waals surface area contributed by atoms with Gasteiger partial charge in [-0.05, 0) is 19.4 Å². The van der Waals surface area contributed by atoms with Crippen molar-refractivity contribution in [3.05, 3.63) is 23.0 Å². The highest BCUT2D eigenvalue weighted by molar-refractivity contribution is 5.93. The summed E-state index contributed by atoms with van der Waals surface area (Å²) < 4.78 is 5.90. The minimum absolute atomic E-state index is 0.217. The third-order valence-electron chi connectivity index (χ3n) is 1.92. The average Bonchev–Trinajstić information content (AvgIpc) is 2.41. The van der Waals surface area contributed by atoms with Gasteiger partial charge in [-0.3, -0.25) is 9.47 Å². The van der Waals surface area contributed by atoms with E-state index in [2.05, 4.69) is 0 Å². The molecule has 0 aliphatic rings. The molecule has 0 saturated carbocycles. The number of hydrogen-bond donors (Lipinski definition) is 1. The van der Waals surface area contributed by atoms with Crippen LogP contribution in [0, 0.1) is 6.92 Å². The number of esters is 1. The van der Waals surface area contributed by atoms with E-state index in [1.165, 1.54) is 6.20 Å². The maximum absolute atomic E-state index is 11.4. The Morgan fingerprint density at radius 2 is 2.36 bits per heavy atom. The quantitative estimate of drug-likeness (QED) is 0.434. The van der Waals surface area contributed by atoms with E-state index >= 15 is 0 Å². The fourth-order valence-electron chi connectivity index (χ4n) is 1.22. The molecule has 0 unspecified atom stereocenters. The van der Waals surface area contributed by atoms with E-state index in [1.54, 1.807) is 13.8 Å². The van der Waals surface area contributed by atoms with E-state index in [1.807, 2.05) is 0 Å². The van der Waals surface area contributed by atoms with Gasteiger partial charge >= 0.3 is 5.97 Å². The standard InChI is InChI=1S/C9H12N2O3/c1-3-14-9(13)8-6(2)7(5-12)4-11(8)10/h4-5H,3,10H2,1-2H3. The summed E-state index contributed by atoms with van der Waals surface area (Å²) in [5.41, 5.74) is 1.16. The number of hydrogen-bond acceptors (Lipinski definition) is 4. The van der Waals surface area contributed by atoms with E-state index in [-0.39, 0.29) is 12.3 Å². The minimum atomic E-state index is -0.513. The molecule has 0 fully saturated rings. The van der Waals surface area contributed by atoms with Crippen molar-refractivity contribution in [1.29, 1.82) is 0 Å². The van der Waals surface area contributed by atoms with Crippen molar-refractivity contribution in [3.8, 4) is 0 Å². The number of nitrogens with two attached hydrogens (primary N) is 1. The van der Waals surface area contributed by atoms with Crippen LogP contribution in [0.3, 0.4) is 0 Å². The van der Waals surface area contributed by atoms with Crippen molar-refractivity contribution in [3.63, 3.8) is 0 Å². The Balaban J connectivity index is 3.13. The van der Waals surface area contributed by atoms with Gasteiger partial charge in [0, 0.05) is 11.8 Å². The summed E-state index contributed by atoms with van der Waals surface area (Å²) in [4.78, 5) is 21.9. The van der Waals surface area contributed by atoms with Crippen molar-refractivity contribution in [2.45, 2.75) is 13.8 Å². The van der Waals surface area contributed by atoms with Crippen LogP contribution >= 0.6 is 0 Å². The summed E-state index contributed by atoms with van der Waals surface area (Å²) in [5.74, 6) is 4.99. The summed E-state index contributed by atoms with van der Waals surface area (Å²) in [5, 5.41) is 0. The summed E-state index contributed by atoms with van der Waals surface area (Å²) >= 11 is 0. The van der Waals surface area contributed by atoms with Gasteiger partial charge < -0.3 is 10.6 Å². The number of ether oxygens (including phenoxy) is 1. The second kappa shape index (κ2) is 3.95. The molecule has 1 rings (SSSR count). The van der Waals surface area contributed by atoms with Crippen LogP contribution in [0.15, 0.2) is 6.20 Å². The van der Waals surface area contributed by atoms with Gasteiger partial charge in [-0.25, -0.2) is 4.79 Å². The number of nitrogen functional groups attached to an aromatic ring is 1. The number of aldehydes is 1. The van der Waals surface area contributed by atoms with Crippen molar-refractivity contribution in [2.24, 2.45) is 0 Å². The lowest BCUT2D eigenvalue weighted by Gasteiger charge is -2.03. The van der Waals surface area contributed by atoms with Crippen molar-refractivity contribution in [1.82, 2.24) is 4.68 Å². The van der Waals surface area contributed by atoms with E-state index in [9.17, 15) is 9.59 Å². The number of rotatable bonds is 3. The lowest BCUT2D eigenvalue weighted by molar-refractivity contribution is 0.0515. The number of carbonyl (C=O) groups is 2. The molecule has 5 nitrogen and oxygen atoms in total. The molecule has 0 aromatic carbocycles. The second-order valence-corrected chi connectivity index (χ2v) is 2.80. The van der Waals surface area contributed by atoms with Gasteiger partial charge in [-0.1, -0.05) is 0 Å². The molecule has 1 aromatic rings. The molecule has 0 aliphatic carbocycles. The Morgan fingerprint density at radius 3 is 2.79 bits per heavy atom. The van der Waals surface area contributed by atoms with Crippen LogP contribution in [0.1, 0.15) is 33.3 Å². The minimum Gasteiger partial charge on any atom is -0.461 e. The van der Waals surface area contributed by atoms with Crippen molar-refractivity contribution < 1.29 is 14.3 Å². The zero-order valence-electron chi connectivity index (χ0n) is 8.11. The lowest BCUT2D eigenvalue weighted by atomic mass is 10.2. The summed E-state index contributed by atoms with van der Waals surface area (Å²) in [6.07, 6.45) is 2.05. The molecule has 1 heterocycles. The molecule has 14 heavy (non-hydrogen) atoms. The fourth-order valence-corrected chi connectivity index (χ4v) is 1.22. The summed E-state index contributed by atoms with van der Waals surface area (Å²) in [6, 6.07) is 0. The first kappa shape index (κ1) is 10.3. The van der Waals surface area contributed by atoms with Gasteiger partial charge in [0.05, 0.1) is 6.61 Å². The number of carbonyl (C=O) groups excluding carboxylic acids is 2. The summed E-state index contributed by atoms with van der Waals surface area (Å²) in [6.45, 7) is 3.64. The molecule has 76 valence electrons. The first-order valence-electron chi connectivity index (χ1n) is 4.21. The predicted molar refractivity (Wildman–Crippen MR) is 50.7 cm³/mol. The second-order valence-electron chi connectivity index (χ2n) is 2.80. The van der Waals surface area contributed by atoms with Crippen molar-refractivity contribution >= 4 is 12.3 Å². The van der Waals surface area contributed by atoms with Crippen LogP contribution in [-0.2, 0) is 4.74 Å². The number of nitrogens with zero attached hydrogens (tertiary/aromatic N) is 1. The van der Waals surface area contributed by atoms with E-state index in [4.69, 9.17) is 10.6 Å². The Kier molecular flexibility index (Phi) is 2.91. The van der Waals surface area contributed by atoms with Gasteiger partial charge in [0.2, 0.25) is 0 Å². The monoisotopic (exact) mass is 196 g/mol. The SMILES string of the molecule is CCOC(=O)c1c(C)c(C=O)cn1N. The number of aromatic nitrogens is 1. The molecule has 0 spiro atoms. The molecular weight excluding hydrogens is 184 g/mol. The van der Waals surface area contributed by atoms with E-state index in [0.717, 1.165) is 4.68 Å². The van der Waals surface area contributed by atoms with Gasteiger partial charge in [-0.15, -0.1) is 0 Å². The first-order valence-corrected chi connectivity index (χ1v) is 4.21. The normalized spacial score (nSPS) is 9.86. The highest BCUT2D eigenvalue weighted by Gasteiger charge is 2.18. The van der Waals surface area contributed by atoms with Crippen molar-refractivity contribution in [2.75, 3.05) is 12.4 Å². The Labute approximate surface area is 81.4 Å². The Bertz CT molecular complexity index is 368. The van der Waals surface area contributed by atoms with Gasteiger partial charge in [0.25, 0.3) is 0 Å². The maximum Gasteiger partial charge on any atom is 0.357 e. The smallest absolute Gasteiger partial charge is 0.357 e. The van der Waals surface area contributed by atoms with Gasteiger partial charge in [0.1, 0.15) is 0 Å². The molecule has 0 bridgehead atoms. The molecule has 0 radical (unpaired) electrons. The highest BCUT2D eigenvalue weighted by atomic mass is 16.5. The van der Waals surface area contributed by atoms with Crippen LogP contribution in [0.4, 0.5) is 0 Å². The lowest BCUT2D eigenvalue weighted by Crippen LogP contribution is -2.18. The molecule has 0 amide bonds. The van der Waals surface area contributed by atoms with Gasteiger partial charge in [-0.2, -0.15) is 0 Å². The fraction of sp³-hybridized carbons (Fsp3) is 0.333.